The topological polar surface area (TPSA) is 77.6 Å². The van der Waals surface area contributed by atoms with Crippen LogP contribution < -0.4 is 4.74 Å². The molecular weight excluding hydrogens is 466 g/mol. The second-order valence-corrected chi connectivity index (χ2v) is 8.70. The van der Waals surface area contributed by atoms with Gasteiger partial charge in [0.25, 0.3) is 11.6 Å². The van der Waals surface area contributed by atoms with E-state index in [0.29, 0.717) is 12.3 Å². The molecule has 0 saturated carbocycles. The normalized spacial score (nSPS) is 15.2. The molecule has 0 fully saturated rings. The molecule has 1 atom stereocenters. The summed E-state index contributed by atoms with van der Waals surface area (Å²) in [6.07, 6.45) is 2.76. The van der Waals surface area contributed by atoms with Gasteiger partial charge >= 0.3 is 0 Å². The van der Waals surface area contributed by atoms with Crippen LogP contribution in [-0.4, -0.2) is 26.8 Å². The third-order valence-corrected chi connectivity index (χ3v) is 6.38. The lowest BCUT2D eigenvalue weighted by Crippen LogP contribution is -2.35. The minimum Gasteiger partial charge on any atom is -0.457 e. The smallest absolute Gasteiger partial charge is 0.288 e. The number of nitro benzene ring substituents is 1. The van der Waals surface area contributed by atoms with Gasteiger partial charge in [-0.05, 0) is 60.5 Å². The molecule has 3 aromatic carbocycles. The molecule has 0 aliphatic carbocycles. The Balaban J connectivity index is 1.55. The summed E-state index contributed by atoms with van der Waals surface area (Å²) in [7, 11) is 0. The fourth-order valence-electron chi connectivity index (χ4n) is 4.47. The highest BCUT2D eigenvalue weighted by molar-refractivity contribution is 6.32. The first-order valence-electron chi connectivity index (χ1n) is 11.2. The summed E-state index contributed by atoms with van der Waals surface area (Å²) < 4.78 is 8.19. The van der Waals surface area contributed by atoms with Crippen molar-refractivity contribution in [3.05, 3.63) is 123 Å². The van der Waals surface area contributed by atoms with Crippen molar-refractivity contribution in [1.82, 2.24) is 9.47 Å². The number of carbonyl (C=O) groups excluding carboxylic acids is 1. The number of nitrogens with zero attached hydrogens (tertiary/aromatic N) is 3. The fourth-order valence-corrected chi connectivity index (χ4v) is 4.66. The molecule has 1 aliphatic heterocycles. The number of ether oxygens (including phenoxy) is 1. The van der Waals surface area contributed by atoms with Crippen molar-refractivity contribution >= 4 is 23.2 Å². The Bertz CT molecular complexity index is 1390. The van der Waals surface area contributed by atoms with Crippen LogP contribution in [0.2, 0.25) is 5.02 Å². The molecule has 1 amide bonds. The van der Waals surface area contributed by atoms with E-state index in [2.05, 4.69) is 4.57 Å². The van der Waals surface area contributed by atoms with Crippen molar-refractivity contribution in [2.24, 2.45) is 0 Å². The minimum absolute atomic E-state index is 0.00129. The molecule has 0 bridgehead atoms. The minimum atomic E-state index is -0.575. The van der Waals surface area contributed by atoms with Gasteiger partial charge in [0.2, 0.25) is 0 Å². The van der Waals surface area contributed by atoms with Gasteiger partial charge in [-0.1, -0.05) is 41.9 Å². The van der Waals surface area contributed by atoms with E-state index < -0.39 is 11.0 Å². The van der Waals surface area contributed by atoms with Gasteiger partial charge in [0.05, 0.1) is 11.0 Å². The van der Waals surface area contributed by atoms with Crippen LogP contribution in [0, 0.1) is 10.1 Å². The molecule has 0 spiro atoms. The average Bonchev–Trinajstić information content (AvgIpc) is 3.24. The van der Waals surface area contributed by atoms with E-state index in [1.807, 2.05) is 72.9 Å². The fraction of sp³-hybridized carbons (Fsp3) is 0.148. The highest BCUT2D eigenvalue weighted by atomic mass is 35.5. The number of hydrogen-bond acceptors (Lipinski definition) is 4. The first kappa shape index (κ1) is 22.7. The maximum absolute atomic E-state index is 13.7. The van der Waals surface area contributed by atoms with Gasteiger partial charge in [-0.15, -0.1) is 0 Å². The summed E-state index contributed by atoms with van der Waals surface area (Å²) in [4.78, 5) is 26.4. The van der Waals surface area contributed by atoms with Gasteiger partial charge in [0, 0.05) is 36.6 Å². The van der Waals surface area contributed by atoms with Crippen molar-refractivity contribution in [1.29, 1.82) is 0 Å². The van der Waals surface area contributed by atoms with Crippen LogP contribution in [0.25, 0.3) is 0 Å². The number of para-hydroxylation sites is 1. The lowest BCUT2D eigenvalue weighted by Gasteiger charge is -2.31. The Hall–Kier alpha value is -4.10. The van der Waals surface area contributed by atoms with Gasteiger partial charge in [0.1, 0.15) is 16.5 Å². The quantitative estimate of drug-likeness (QED) is 0.238. The van der Waals surface area contributed by atoms with Crippen molar-refractivity contribution in [3.63, 3.8) is 0 Å². The number of nitro groups is 1. The Morgan fingerprint density at radius 2 is 1.74 bits per heavy atom. The SMILES string of the molecule is O=C(c1ccc(Cl)c([N+](=O)[O-])c1)N1CCCn2cccc2C1c1cccc(Oc2ccccc2)c1. The second kappa shape index (κ2) is 9.64. The molecule has 1 aromatic heterocycles. The number of halogens is 1. The lowest BCUT2D eigenvalue weighted by atomic mass is 10.00. The van der Waals surface area contributed by atoms with E-state index in [-0.39, 0.29) is 22.2 Å². The zero-order valence-corrected chi connectivity index (χ0v) is 19.5. The highest BCUT2D eigenvalue weighted by Gasteiger charge is 2.32. The summed E-state index contributed by atoms with van der Waals surface area (Å²) in [5, 5.41) is 11.4. The van der Waals surface area contributed by atoms with Gasteiger partial charge in [-0.2, -0.15) is 0 Å². The summed E-state index contributed by atoms with van der Waals surface area (Å²) in [5.74, 6) is 1.08. The molecule has 4 aromatic rings. The van der Waals surface area contributed by atoms with Crippen LogP contribution in [0.15, 0.2) is 91.1 Å². The molecule has 176 valence electrons. The highest BCUT2D eigenvalue weighted by Crippen LogP contribution is 2.36. The Kier molecular flexibility index (Phi) is 6.25. The Labute approximate surface area is 207 Å². The maximum Gasteiger partial charge on any atom is 0.288 e. The number of benzene rings is 3. The maximum atomic E-state index is 13.7. The molecule has 5 rings (SSSR count). The number of aryl methyl sites for hydroxylation is 1. The summed E-state index contributed by atoms with van der Waals surface area (Å²) >= 11 is 5.98. The number of aromatic nitrogens is 1. The van der Waals surface area contributed by atoms with E-state index in [1.54, 1.807) is 4.90 Å². The van der Waals surface area contributed by atoms with Crippen molar-refractivity contribution < 1.29 is 14.5 Å². The standard InChI is InChI=1S/C27H22ClN3O4/c28-23-13-12-20(18-25(23)31(33)34)27(32)30-16-6-15-29-14-5-11-24(29)26(30)19-7-4-10-22(17-19)35-21-8-2-1-3-9-21/h1-5,7-14,17-18,26H,6,15-16H2. The largest absolute Gasteiger partial charge is 0.457 e. The summed E-state index contributed by atoms with van der Waals surface area (Å²) in [6, 6.07) is 24.9. The molecule has 2 heterocycles. The van der Waals surface area contributed by atoms with Crippen LogP contribution >= 0.6 is 11.6 Å². The predicted molar refractivity (Wildman–Crippen MR) is 133 cm³/mol. The molecule has 7 nitrogen and oxygen atoms in total. The zero-order chi connectivity index (χ0) is 24.4. The third kappa shape index (κ3) is 4.63. The van der Waals surface area contributed by atoms with Gasteiger partial charge < -0.3 is 14.2 Å². The van der Waals surface area contributed by atoms with Crippen LogP contribution in [0.5, 0.6) is 11.5 Å². The predicted octanol–water partition coefficient (Wildman–Crippen LogP) is 6.48. The number of hydrogen-bond donors (Lipinski definition) is 0. The molecule has 0 radical (unpaired) electrons. The number of carbonyl (C=O) groups is 1. The molecule has 8 heteroatoms. The molecule has 0 N–H and O–H groups in total. The van der Waals surface area contributed by atoms with Crippen molar-refractivity contribution in [2.75, 3.05) is 6.54 Å². The number of rotatable bonds is 5. The molecule has 0 saturated heterocycles. The van der Waals surface area contributed by atoms with Gasteiger partial charge in [-0.25, -0.2) is 0 Å². The van der Waals surface area contributed by atoms with Crippen LogP contribution in [-0.2, 0) is 6.54 Å². The summed E-state index contributed by atoms with van der Waals surface area (Å²) in [6.45, 7) is 1.26. The van der Waals surface area contributed by atoms with Crippen LogP contribution in [0.3, 0.4) is 0 Å². The average molecular weight is 488 g/mol. The first-order chi connectivity index (χ1) is 17.0. The second-order valence-electron chi connectivity index (χ2n) is 8.29. The molecular formula is C27H22ClN3O4. The van der Waals surface area contributed by atoms with Gasteiger partial charge in [-0.3, -0.25) is 14.9 Å². The third-order valence-electron chi connectivity index (χ3n) is 6.06. The van der Waals surface area contributed by atoms with Crippen LogP contribution in [0.4, 0.5) is 5.69 Å². The van der Waals surface area contributed by atoms with Crippen molar-refractivity contribution in [3.8, 4) is 11.5 Å². The van der Waals surface area contributed by atoms with E-state index in [0.717, 1.165) is 30.0 Å². The van der Waals surface area contributed by atoms with E-state index in [9.17, 15) is 14.9 Å². The van der Waals surface area contributed by atoms with E-state index >= 15 is 0 Å². The summed E-state index contributed by atoms with van der Waals surface area (Å²) in [5.41, 5.74) is 1.79. The molecule has 1 aliphatic rings. The van der Waals surface area contributed by atoms with E-state index in [1.165, 1.54) is 18.2 Å². The number of fused-ring (bicyclic) bond motifs is 1. The first-order valence-corrected chi connectivity index (χ1v) is 11.6. The van der Waals surface area contributed by atoms with Crippen LogP contribution in [0.1, 0.15) is 34.1 Å². The monoisotopic (exact) mass is 487 g/mol. The molecule has 1 unspecified atom stereocenters. The zero-order valence-electron chi connectivity index (χ0n) is 18.7. The Morgan fingerprint density at radius 3 is 2.54 bits per heavy atom. The molecule has 35 heavy (non-hydrogen) atoms. The van der Waals surface area contributed by atoms with Gasteiger partial charge in [0.15, 0.2) is 0 Å². The van der Waals surface area contributed by atoms with E-state index in [4.69, 9.17) is 16.3 Å². The Morgan fingerprint density at radius 1 is 0.943 bits per heavy atom. The number of amides is 1. The lowest BCUT2D eigenvalue weighted by molar-refractivity contribution is -0.384. The van der Waals surface area contributed by atoms with Crippen molar-refractivity contribution in [2.45, 2.75) is 19.0 Å².